The topological polar surface area (TPSA) is 31.4 Å². The van der Waals surface area contributed by atoms with E-state index in [2.05, 4.69) is 20.9 Å². The molecule has 0 bridgehead atoms. The van der Waals surface area contributed by atoms with Crippen LogP contribution in [0.25, 0.3) is 0 Å². The number of hydrogen-bond donors (Lipinski definition) is 0. The molecule has 1 heterocycles. The van der Waals surface area contributed by atoms with Gasteiger partial charge in [0.25, 0.3) is 0 Å². The second-order valence-electron chi connectivity index (χ2n) is 3.37. The Morgan fingerprint density at radius 1 is 1.12 bits per heavy atom. The van der Waals surface area contributed by atoms with Gasteiger partial charge in [-0.15, -0.1) is 0 Å². The summed E-state index contributed by atoms with van der Waals surface area (Å²) >= 11 is 3.43. The normalized spacial score (nSPS) is 10.0. The van der Waals surface area contributed by atoms with E-state index in [0.717, 1.165) is 15.9 Å². The highest BCUT2D eigenvalue weighted by Crippen LogP contribution is 2.27. The Balaban J connectivity index is 2.10. The lowest BCUT2D eigenvalue weighted by atomic mass is 10.3. The zero-order chi connectivity index (χ0) is 12.1. The largest absolute Gasteiger partial charge is 0.493 e. The summed E-state index contributed by atoms with van der Waals surface area (Å²) in [5.74, 6) is 1.44. The van der Waals surface area contributed by atoms with E-state index in [1.165, 1.54) is 0 Å². The number of rotatable bonds is 4. The Kier molecular flexibility index (Phi) is 3.98. The zero-order valence-electron chi connectivity index (χ0n) is 9.39. The Hall–Kier alpha value is -1.55. The fourth-order valence-electron chi connectivity index (χ4n) is 1.41. The third-order valence-electron chi connectivity index (χ3n) is 2.27. The van der Waals surface area contributed by atoms with Crippen LogP contribution < -0.4 is 9.47 Å². The van der Waals surface area contributed by atoms with E-state index in [-0.39, 0.29) is 0 Å². The summed E-state index contributed by atoms with van der Waals surface area (Å²) in [4.78, 5) is 4.24. The van der Waals surface area contributed by atoms with Crippen molar-refractivity contribution in [2.75, 3.05) is 7.11 Å². The third kappa shape index (κ3) is 2.97. The van der Waals surface area contributed by atoms with Crippen molar-refractivity contribution in [2.45, 2.75) is 6.61 Å². The molecule has 0 unspecified atom stereocenters. The molecule has 88 valence electrons. The monoisotopic (exact) mass is 293 g/mol. The number of halogens is 1. The van der Waals surface area contributed by atoms with Gasteiger partial charge in [-0.3, -0.25) is 4.98 Å². The van der Waals surface area contributed by atoms with Crippen LogP contribution in [0.5, 0.6) is 11.5 Å². The minimum Gasteiger partial charge on any atom is -0.493 e. The molecule has 1 aromatic carbocycles. The number of pyridine rings is 1. The lowest BCUT2D eigenvalue weighted by Crippen LogP contribution is -2.00. The number of para-hydroxylation sites is 2. The van der Waals surface area contributed by atoms with Gasteiger partial charge in [0.1, 0.15) is 6.61 Å². The molecular formula is C13H12BrNO2. The second-order valence-corrected chi connectivity index (χ2v) is 4.23. The van der Waals surface area contributed by atoms with Crippen LogP contribution in [-0.4, -0.2) is 12.1 Å². The summed E-state index contributed by atoms with van der Waals surface area (Å²) in [6.45, 7) is 0.405. The molecule has 17 heavy (non-hydrogen) atoms. The van der Waals surface area contributed by atoms with Gasteiger partial charge in [0.15, 0.2) is 11.5 Å². The van der Waals surface area contributed by atoms with Gasteiger partial charge in [0.05, 0.1) is 12.8 Å². The van der Waals surface area contributed by atoms with Crippen LogP contribution in [0.15, 0.2) is 47.1 Å². The quantitative estimate of drug-likeness (QED) is 0.865. The van der Waals surface area contributed by atoms with Gasteiger partial charge < -0.3 is 9.47 Å². The molecule has 0 spiro atoms. The number of benzene rings is 1. The number of hydrogen-bond acceptors (Lipinski definition) is 3. The van der Waals surface area contributed by atoms with Crippen LogP contribution in [0.3, 0.4) is 0 Å². The van der Waals surface area contributed by atoms with Gasteiger partial charge in [0.2, 0.25) is 0 Å². The number of methoxy groups -OCH3 is 1. The Morgan fingerprint density at radius 3 is 2.59 bits per heavy atom. The molecule has 3 nitrogen and oxygen atoms in total. The first-order valence-corrected chi connectivity index (χ1v) is 5.96. The van der Waals surface area contributed by atoms with Crippen molar-refractivity contribution in [1.82, 2.24) is 4.98 Å². The fraction of sp³-hybridized carbons (Fsp3) is 0.154. The highest BCUT2D eigenvalue weighted by molar-refractivity contribution is 9.10. The molecule has 0 saturated carbocycles. The summed E-state index contributed by atoms with van der Waals surface area (Å²) in [6, 6.07) is 11.4. The SMILES string of the molecule is COc1ccccc1OCc1ncccc1Br. The molecule has 0 atom stereocenters. The van der Waals surface area contributed by atoms with Crippen molar-refractivity contribution in [2.24, 2.45) is 0 Å². The van der Waals surface area contributed by atoms with Crippen LogP contribution >= 0.6 is 15.9 Å². The van der Waals surface area contributed by atoms with Gasteiger partial charge in [-0.1, -0.05) is 12.1 Å². The van der Waals surface area contributed by atoms with Crippen LogP contribution in [0, 0.1) is 0 Å². The van der Waals surface area contributed by atoms with Gasteiger partial charge in [-0.2, -0.15) is 0 Å². The summed E-state index contributed by atoms with van der Waals surface area (Å²) < 4.78 is 11.8. The van der Waals surface area contributed by atoms with Crippen molar-refractivity contribution < 1.29 is 9.47 Å². The first-order valence-electron chi connectivity index (χ1n) is 5.16. The molecule has 0 aliphatic heterocycles. The molecule has 2 rings (SSSR count). The average molecular weight is 294 g/mol. The highest BCUT2D eigenvalue weighted by Gasteiger charge is 2.05. The highest BCUT2D eigenvalue weighted by atomic mass is 79.9. The molecule has 0 radical (unpaired) electrons. The molecule has 0 N–H and O–H groups in total. The summed E-state index contributed by atoms with van der Waals surface area (Å²) in [5, 5.41) is 0. The molecule has 0 fully saturated rings. The molecule has 2 aromatic rings. The van der Waals surface area contributed by atoms with Crippen LogP contribution in [-0.2, 0) is 6.61 Å². The van der Waals surface area contributed by atoms with E-state index in [0.29, 0.717) is 12.4 Å². The second kappa shape index (κ2) is 5.68. The molecule has 0 amide bonds. The molecular weight excluding hydrogens is 282 g/mol. The first-order chi connectivity index (χ1) is 8.31. The van der Waals surface area contributed by atoms with Crippen LogP contribution in [0.1, 0.15) is 5.69 Å². The molecule has 1 aromatic heterocycles. The lowest BCUT2D eigenvalue weighted by Gasteiger charge is -2.10. The van der Waals surface area contributed by atoms with E-state index in [4.69, 9.17) is 9.47 Å². The Morgan fingerprint density at radius 2 is 1.88 bits per heavy atom. The van der Waals surface area contributed by atoms with Gasteiger partial charge in [-0.05, 0) is 40.2 Å². The standard InChI is InChI=1S/C13H12BrNO2/c1-16-12-6-2-3-7-13(12)17-9-11-10(14)5-4-8-15-11/h2-8H,9H2,1H3. The molecule has 0 aliphatic rings. The van der Waals surface area contributed by atoms with Gasteiger partial charge >= 0.3 is 0 Å². The summed E-state index contributed by atoms with van der Waals surface area (Å²) in [6.07, 6.45) is 1.74. The fourth-order valence-corrected chi connectivity index (χ4v) is 1.78. The van der Waals surface area contributed by atoms with Crippen molar-refractivity contribution in [3.63, 3.8) is 0 Å². The maximum Gasteiger partial charge on any atom is 0.161 e. The molecule has 4 heteroatoms. The number of nitrogens with zero attached hydrogens (tertiary/aromatic N) is 1. The van der Waals surface area contributed by atoms with Crippen molar-refractivity contribution in [3.8, 4) is 11.5 Å². The minimum atomic E-state index is 0.405. The number of aromatic nitrogens is 1. The minimum absolute atomic E-state index is 0.405. The Bertz CT molecular complexity index is 502. The van der Waals surface area contributed by atoms with Crippen LogP contribution in [0.2, 0.25) is 0 Å². The van der Waals surface area contributed by atoms with E-state index in [9.17, 15) is 0 Å². The van der Waals surface area contributed by atoms with E-state index >= 15 is 0 Å². The number of ether oxygens (including phenoxy) is 2. The van der Waals surface area contributed by atoms with Crippen molar-refractivity contribution in [1.29, 1.82) is 0 Å². The lowest BCUT2D eigenvalue weighted by molar-refractivity contribution is 0.280. The van der Waals surface area contributed by atoms with Crippen molar-refractivity contribution >= 4 is 15.9 Å². The maximum atomic E-state index is 5.68. The smallest absolute Gasteiger partial charge is 0.161 e. The Labute approximate surface area is 109 Å². The zero-order valence-corrected chi connectivity index (χ0v) is 11.0. The summed E-state index contributed by atoms with van der Waals surface area (Å²) in [5.41, 5.74) is 0.860. The molecule has 0 aliphatic carbocycles. The maximum absolute atomic E-state index is 5.68. The van der Waals surface area contributed by atoms with E-state index < -0.39 is 0 Å². The van der Waals surface area contributed by atoms with Gasteiger partial charge in [-0.25, -0.2) is 0 Å². The van der Waals surface area contributed by atoms with Crippen molar-refractivity contribution in [3.05, 3.63) is 52.8 Å². The van der Waals surface area contributed by atoms with Crippen LogP contribution in [0.4, 0.5) is 0 Å². The third-order valence-corrected chi connectivity index (χ3v) is 2.99. The van der Waals surface area contributed by atoms with Gasteiger partial charge in [0, 0.05) is 10.7 Å². The predicted octanol–water partition coefficient (Wildman–Crippen LogP) is 3.43. The first kappa shape index (κ1) is 11.9. The summed E-state index contributed by atoms with van der Waals surface area (Å²) in [7, 11) is 1.62. The van der Waals surface area contributed by atoms with E-state index in [1.54, 1.807) is 13.3 Å². The van der Waals surface area contributed by atoms with E-state index in [1.807, 2.05) is 36.4 Å². The predicted molar refractivity (Wildman–Crippen MR) is 69.3 cm³/mol. The average Bonchev–Trinajstić information content (AvgIpc) is 2.38. The molecule has 0 saturated heterocycles.